The van der Waals surface area contributed by atoms with Crippen molar-refractivity contribution in [1.29, 1.82) is 0 Å². The zero-order valence-corrected chi connectivity index (χ0v) is 11.3. The van der Waals surface area contributed by atoms with E-state index in [2.05, 4.69) is 15.9 Å². The summed E-state index contributed by atoms with van der Waals surface area (Å²) in [5.74, 6) is -0.937. The van der Waals surface area contributed by atoms with Crippen LogP contribution in [0.4, 0.5) is 0 Å². The molecular weight excluding hydrogens is 284 g/mol. The quantitative estimate of drug-likeness (QED) is 0.925. The Morgan fingerprint density at radius 3 is 2.76 bits per heavy atom. The maximum Gasteiger partial charge on any atom is 0.372 e. The molecule has 0 fully saturated rings. The third-order valence-electron chi connectivity index (χ3n) is 2.78. The summed E-state index contributed by atoms with van der Waals surface area (Å²) in [6.45, 7) is 3.94. The molecule has 0 unspecified atom stereocenters. The molecule has 0 saturated heterocycles. The van der Waals surface area contributed by atoms with E-state index in [4.69, 9.17) is 9.52 Å². The highest BCUT2D eigenvalue weighted by molar-refractivity contribution is 9.10. The van der Waals surface area contributed by atoms with Gasteiger partial charge in [0, 0.05) is 15.4 Å². The van der Waals surface area contributed by atoms with Crippen molar-refractivity contribution in [2.45, 2.75) is 26.7 Å². The predicted octanol–water partition coefficient (Wildman–Crippen LogP) is 4.15. The third-order valence-corrected chi connectivity index (χ3v) is 3.44. The van der Waals surface area contributed by atoms with Gasteiger partial charge >= 0.3 is 5.97 Å². The van der Waals surface area contributed by atoms with Gasteiger partial charge < -0.3 is 9.52 Å². The van der Waals surface area contributed by atoms with Gasteiger partial charge in [0.25, 0.3) is 0 Å². The molecule has 0 spiro atoms. The molecule has 2 aromatic rings. The molecule has 2 rings (SSSR count). The van der Waals surface area contributed by atoms with Crippen molar-refractivity contribution >= 4 is 32.9 Å². The maximum absolute atomic E-state index is 11.2. The standard InChI is InChI=1S/C13H13BrO3/c1-3-4-8-10-9(14)6-5-7(2)11(10)17-12(8)13(15)16/h5-6H,3-4H2,1-2H3,(H,15,16). The number of carboxylic acid groups (broad SMARTS) is 1. The molecule has 0 saturated carbocycles. The number of furan rings is 1. The van der Waals surface area contributed by atoms with Crippen molar-refractivity contribution in [2.75, 3.05) is 0 Å². The van der Waals surface area contributed by atoms with Gasteiger partial charge in [0.1, 0.15) is 5.58 Å². The van der Waals surface area contributed by atoms with Gasteiger partial charge in [0.2, 0.25) is 5.76 Å². The molecule has 0 amide bonds. The molecular formula is C13H13BrO3. The summed E-state index contributed by atoms with van der Waals surface area (Å²) < 4.78 is 6.38. The van der Waals surface area contributed by atoms with E-state index in [1.54, 1.807) is 0 Å². The van der Waals surface area contributed by atoms with Crippen LogP contribution in [0.3, 0.4) is 0 Å². The fourth-order valence-corrected chi connectivity index (χ4v) is 2.57. The summed E-state index contributed by atoms with van der Waals surface area (Å²) in [4.78, 5) is 11.2. The van der Waals surface area contributed by atoms with Gasteiger partial charge in [-0.15, -0.1) is 0 Å². The van der Waals surface area contributed by atoms with Crippen LogP contribution in [0.5, 0.6) is 0 Å². The lowest BCUT2D eigenvalue weighted by atomic mass is 10.0. The van der Waals surface area contributed by atoms with E-state index in [1.165, 1.54) is 0 Å². The number of benzene rings is 1. The Balaban J connectivity index is 2.84. The highest BCUT2D eigenvalue weighted by atomic mass is 79.9. The van der Waals surface area contributed by atoms with Crippen LogP contribution in [0, 0.1) is 6.92 Å². The molecule has 3 nitrogen and oxygen atoms in total. The van der Waals surface area contributed by atoms with E-state index >= 15 is 0 Å². The van der Waals surface area contributed by atoms with Gasteiger partial charge in [-0.05, 0) is 25.0 Å². The van der Waals surface area contributed by atoms with Crippen LogP contribution in [0.1, 0.15) is 35.0 Å². The molecule has 0 aliphatic carbocycles. The number of hydrogen-bond donors (Lipinski definition) is 1. The van der Waals surface area contributed by atoms with Crippen LogP contribution in [-0.4, -0.2) is 11.1 Å². The predicted molar refractivity (Wildman–Crippen MR) is 69.6 cm³/mol. The van der Waals surface area contributed by atoms with Crippen molar-refractivity contribution < 1.29 is 14.3 Å². The summed E-state index contributed by atoms with van der Waals surface area (Å²) in [6.07, 6.45) is 1.59. The number of hydrogen-bond acceptors (Lipinski definition) is 2. The average molecular weight is 297 g/mol. The molecule has 1 aromatic heterocycles. The number of rotatable bonds is 3. The normalized spacial score (nSPS) is 11.0. The molecule has 1 aromatic carbocycles. The van der Waals surface area contributed by atoms with E-state index in [9.17, 15) is 4.79 Å². The van der Waals surface area contributed by atoms with Crippen LogP contribution in [0.25, 0.3) is 11.0 Å². The van der Waals surface area contributed by atoms with Gasteiger partial charge in [-0.25, -0.2) is 4.79 Å². The van der Waals surface area contributed by atoms with Gasteiger partial charge in [-0.2, -0.15) is 0 Å². The van der Waals surface area contributed by atoms with Crippen LogP contribution >= 0.6 is 15.9 Å². The maximum atomic E-state index is 11.2. The van der Waals surface area contributed by atoms with E-state index < -0.39 is 5.97 Å². The van der Waals surface area contributed by atoms with Crippen molar-refractivity contribution in [1.82, 2.24) is 0 Å². The first-order valence-electron chi connectivity index (χ1n) is 5.50. The molecule has 0 radical (unpaired) electrons. The van der Waals surface area contributed by atoms with Gasteiger partial charge in [-0.1, -0.05) is 35.3 Å². The lowest BCUT2D eigenvalue weighted by molar-refractivity contribution is 0.0663. The highest BCUT2D eigenvalue weighted by Crippen LogP contribution is 2.35. The SMILES string of the molecule is CCCc1c(C(=O)O)oc2c(C)ccc(Br)c12. The lowest BCUT2D eigenvalue weighted by Gasteiger charge is -2.00. The summed E-state index contributed by atoms with van der Waals surface area (Å²) >= 11 is 3.46. The largest absolute Gasteiger partial charge is 0.475 e. The summed E-state index contributed by atoms with van der Waals surface area (Å²) in [5, 5.41) is 10.1. The molecule has 1 heterocycles. The van der Waals surface area contributed by atoms with Crippen LogP contribution in [-0.2, 0) is 6.42 Å². The molecule has 4 heteroatoms. The first-order chi connectivity index (χ1) is 8.06. The minimum Gasteiger partial charge on any atom is -0.475 e. The number of aryl methyl sites for hydroxylation is 2. The smallest absolute Gasteiger partial charge is 0.372 e. The minimum absolute atomic E-state index is 0.0665. The molecule has 17 heavy (non-hydrogen) atoms. The van der Waals surface area contributed by atoms with Gasteiger partial charge in [0.15, 0.2) is 0 Å². The zero-order chi connectivity index (χ0) is 12.6. The third kappa shape index (κ3) is 1.97. The Bertz CT molecular complexity index is 584. The number of fused-ring (bicyclic) bond motifs is 1. The number of aromatic carboxylic acids is 1. The Labute approximate surface area is 108 Å². The second-order valence-corrected chi connectivity index (χ2v) is 4.89. The fraction of sp³-hybridized carbons (Fsp3) is 0.308. The molecule has 0 bridgehead atoms. The molecule has 0 aliphatic heterocycles. The van der Waals surface area contributed by atoms with E-state index in [1.807, 2.05) is 26.0 Å². The van der Waals surface area contributed by atoms with Crippen molar-refractivity contribution in [2.24, 2.45) is 0 Å². The van der Waals surface area contributed by atoms with Crippen molar-refractivity contribution in [3.63, 3.8) is 0 Å². The monoisotopic (exact) mass is 296 g/mol. The lowest BCUT2D eigenvalue weighted by Crippen LogP contribution is -1.98. The van der Waals surface area contributed by atoms with E-state index in [0.29, 0.717) is 12.0 Å². The second-order valence-electron chi connectivity index (χ2n) is 4.03. The molecule has 90 valence electrons. The molecule has 1 N–H and O–H groups in total. The van der Waals surface area contributed by atoms with Crippen molar-refractivity contribution in [3.8, 4) is 0 Å². The summed E-state index contributed by atoms with van der Waals surface area (Å²) in [6, 6.07) is 3.84. The average Bonchev–Trinajstić information content (AvgIpc) is 2.65. The number of halogens is 1. The van der Waals surface area contributed by atoms with Gasteiger partial charge in [-0.3, -0.25) is 0 Å². The Hall–Kier alpha value is -1.29. The van der Waals surface area contributed by atoms with Crippen molar-refractivity contribution in [3.05, 3.63) is 33.5 Å². The van der Waals surface area contributed by atoms with E-state index in [-0.39, 0.29) is 5.76 Å². The molecule has 0 atom stereocenters. The molecule has 0 aliphatic rings. The van der Waals surface area contributed by atoms with Crippen LogP contribution < -0.4 is 0 Å². The highest BCUT2D eigenvalue weighted by Gasteiger charge is 2.21. The van der Waals surface area contributed by atoms with E-state index in [0.717, 1.165) is 27.4 Å². The Morgan fingerprint density at radius 2 is 2.18 bits per heavy atom. The Morgan fingerprint density at radius 1 is 1.47 bits per heavy atom. The fourth-order valence-electron chi connectivity index (χ4n) is 2.01. The zero-order valence-electron chi connectivity index (χ0n) is 9.71. The van der Waals surface area contributed by atoms with Crippen LogP contribution in [0.2, 0.25) is 0 Å². The summed E-state index contributed by atoms with van der Waals surface area (Å²) in [7, 11) is 0. The Kier molecular flexibility index (Phi) is 3.24. The number of carbonyl (C=O) groups is 1. The minimum atomic E-state index is -1.00. The summed E-state index contributed by atoms with van der Waals surface area (Å²) in [5.41, 5.74) is 2.40. The first kappa shape index (κ1) is 12.2. The van der Waals surface area contributed by atoms with Gasteiger partial charge in [0.05, 0.1) is 0 Å². The second kappa shape index (κ2) is 4.53. The number of carboxylic acids is 1. The first-order valence-corrected chi connectivity index (χ1v) is 6.29. The topological polar surface area (TPSA) is 50.4 Å². The van der Waals surface area contributed by atoms with Crippen LogP contribution in [0.15, 0.2) is 21.0 Å².